The molecular weight excluding hydrogens is 262 g/mol. The molecule has 88 valence electrons. The Morgan fingerprint density at radius 1 is 1.25 bits per heavy atom. The molecule has 1 fully saturated rings. The fourth-order valence-corrected chi connectivity index (χ4v) is 3.18. The van der Waals surface area contributed by atoms with Crippen LogP contribution in [0.1, 0.15) is 49.3 Å². The van der Waals surface area contributed by atoms with E-state index in [-0.39, 0.29) is 6.04 Å². The van der Waals surface area contributed by atoms with Crippen LogP contribution < -0.4 is 5.73 Å². The molecule has 1 unspecified atom stereocenters. The average molecular weight is 282 g/mol. The van der Waals surface area contributed by atoms with Gasteiger partial charge >= 0.3 is 0 Å². The zero-order chi connectivity index (χ0) is 11.5. The number of rotatable bonds is 2. The molecule has 16 heavy (non-hydrogen) atoms. The monoisotopic (exact) mass is 281 g/mol. The smallest absolute Gasteiger partial charge is 0.0334 e. The third kappa shape index (κ3) is 2.67. The Morgan fingerprint density at radius 3 is 2.62 bits per heavy atom. The molecule has 0 spiro atoms. The summed E-state index contributed by atoms with van der Waals surface area (Å²) in [6, 6.07) is 6.67. The molecule has 0 amide bonds. The third-order valence-corrected chi connectivity index (χ3v) is 4.39. The van der Waals surface area contributed by atoms with Crippen LogP contribution in [0.4, 0.5) is 0 Å². The summed E-state index contributed by atoms with van der Waals surface area (Å²) in [6.45, 7) is 2.13. The Bertz CT molecular complexity index is 356. The highest BCUT2D eigenvalue weighted by Crippen LogP contribution is 2.35. The van der Waals surface area contributed by atoms with Crippen LogP contribution in [0.15, 0.2) is 22.7 Å². The van der Waals surface area contributed by atoms with Gasteiger partial charge in [-0.3, -0.25) is 0 Å². The largest absolute Gasteiger partial charge is 0.324 e. The van der Waals surface area contributed by atoms with Crippen LogP contribution in [0.25, 0.3) is 0 Å². The highest BCUT2D eigenvalue weighted by molar-refractivity contribution is 9.10. The van der Waals surface area contributed by atoms with Gasteiger partial charge in [0.25, 0.3) is 0 Å². The molecule has 0 heterocycles. The molecule has 1 aromatic carbocycles. The SMILES string of the molecule is Cc1ccc(Br)c(C(N)C2CCCCC2)c1. The van der Waals surface area contributed by atoms with Crippen molar-refractivity contribution in [1.82, 2.24) is 0 Å². The van der Waals surface area contributed by atoms with Gasteiger partial charge in [-0.1, -0.05) is 52.9 Å². The number of halogens is 1. The lowest BCUT2D eigenvalue weighted by Crippen LogP contribution is -2.24. The van der Waals surface area contributed by atoms with Crippen molar-refractivity contribution >= 4 is 15.9 Å². The summed E-state index contributed by atoms with van der Waals surface area (Å²) < 4.78 is 1.16. The van der Waals surface area contributed by atoms with E-state index in [4.69, 9.17) is 5.73 Å². The second kappa shape index (κ2) is 5.33. The lowest BCUT2D eigenvalue weighted by Gasteiger charge is -2.28. The molecule has 1 nitrogen and oxygen atoms in total. The Labute approximate surface area is 107 Å². The molecular formula is C14H20BrN. The van der Waals surface area contributed by atoms with E-state index >= 15 is 0 Å². The quantitative estimate of drug-likeness (QED) is 0.858. The van der Waals surface area contributed by atoms with Gasteiger partial charge in [0.05, 0.1) is 0 Å². The van der Waals surface area contributed by atoms with Crippen molar-refractivity contribution < 1.29 is 0 Å². The highest BCUT2D eigenvalue weighted by atomic mass is 79.9. The topological polar surface area (TPSA) is 26.0 Å². The molecule has 0 bridgehead atoms. The van der Waals surface area contributed by atoms with E-state index in [1.54, 1.807) is 0 Å². The van der Waals surface area contributed by atoms with Crippen molar-refractivity contribution in [2.45, 2.75) is 45.1 Å². The van der Waals surface area contributed by atoms with E-state index in [9.17, 15) is 0 Å². The molecule has 1 aliphatic rings. The summed E-state index contributed by atoms with van der Waals surface area (Å²) in [4.78, 5) is 0. The lowest BCUT2D eigenvalue weighted by molar-refractivity contribution is 0.307. The van der Waals surface area contributed by atoms with Gasteiger partial charge in [0, 0.05) is 10.5 Å². The van der Waals surface area contributed by atoms with Crippen molar-refractivity contribution in [3.05, 3.63) is 33.8 Å². The zero-order valence-corrected chi connectivity index (χ0v) is 11.5. The Kier molecular flexibility index (Phi) is 4.04. The van der Waals surface area contributed by atoms with Gasteiger partial charge in [-0.15, -0.1) is 0 Å². The minimum Gasteiger partial charge on any atom is -0.324 e. The van der Waals surface area contributed by atoms with Gasteiger partial charge in [0.2, 0.25) is 0 Å². The van der Waals surface area contributed by atoms with Gasteiger partial charge in [-0.25, -0.2) is 0 Å². The van der Waals surface area contributed by atoms with Crippen LogP contribution in [0.5, 0.6) is 0 Å². The molecule has 1 aliphatic carbocycles. The summed E-state index contributed by atoms with van der Waals surface area (Å²) in [7, 11) is 0. The third-order valence-electron chi connectivity index (χ3n) is 3.67. The first-order chi connectivity index (χ1) is 7.68. The molecule has 2 N–H and O–H groups in total. The van der Waals surface area contributed by atoms with Gasteiger partial charge in [-0.2, -0.15) is 0 Å². The first kappa shape index (κ1) is 12.1. The van der Waals surface area contributed by atoms with E-state index in [1.807, 2.05) is 0 Å². The minimum absolute atomic E-state index is 0.203. The lowest BCUT2D eigenvalue weighted by atomic mass is 9.81. The maximum absolute atomic E-state index is 6.41. The molecule has 0 aromatic heterocycles. The summed E-state index contributed by atoms with van der Waals surface area (Å²) in [5.41, 5.74) is 8.99. The van der Waals surface area contributed by atoms with Gasteiger partial charge in [0.1, 0.15) is 0 Å². The average Bonchev–Trinajstić information content (AvgIpc) is 2.32. The standard InChI is InChI=1S/C14H20BrN/c1-10-7-8-13(15)12(9-10)14(16)11-5-3-2-4-6-11/h7-9,11,14H,2-6,16H2,1H3. The van der Waals surface area contributed by atoms with Crippen LogP contribution >= 0.6 is 15.9 Å². The van der Waals surface area contributed by atoms with Gasteiger partial charge in [-0.05, 0) is 37.3 Å². The summed E-state index contributed by atoms with van der Waals surface area (Å²) in [5, 5.41) is 0. The number of aryl methyl sites for hydroxylation is 1. The minimum atomic E-state index is 0.203. The normalized spacial score (nSPS) is 19.7. The molecule has 1 aromatic rings. The predicted octanol–water partition coefficient (Wildman–Crippen LogP) is 4.34. The second-order valence-electron chi connectivity index (χ2n) is 4.95. The Balaban J connectivity index is 2.18. The number of hydrogen-bond donors (Lipinski definition) is 1. The van der Waals surface area contributed by atoms with Gasteiger partial charge < -0.3 is 5.73 Å². The first-order valence-electron chi connectivity index (χ1n) is 6.20. The summed E-state index contributed by atoms with van der Waals surface area (Å²) in [6.07, 6.45) is 6.67. The fraction of sp³-hybridized carbons (Fsp3) is 0.571. The molecule has 0 radical (unpaired) electrons. The molecule has 2 rings (SSSR count). The van der Waals surface area contributed by atoms with E-state index in [0.717, 1.165) is 4.47 Å². The van der Waals surface area contributed by atoms with Crippen LogP contribution in [-0.2, 0) is 0 Å². The van der Waals surface area contributed by atoms with E-state index in [1.165, 1.54) is 43.2 Å². The van der Waals surface area contributed by atoms with Crippen molar-refractivity contribution in [3.63, 3.8) is 0 Å². The van der Waals surface area contributed by atoms with Crippen molar-refractivity contribution in [2.24, 2.45) is 11.7 Å². The summed E-state index contributed by atoms with van der Waals surface area (Å²) >= 11 is 3.62. The van der Waals surface area contributed by atoms with Crippen molar-refractivity contribution in [3.8, 4) is 0 Å². The van der Waals surface area contributed by atoms with Crippen LogP contribution in [0.2, 0.25) is 0 Å². The van der Waals surface area contributed by atoms with E-state index in [0.29, 0.717) is 5.92 Å². The maximum Gasteiger partial charge on any atom is 0.0334 e. The predicted molar refractivity (Wildman–Crippen MR) is 72.4 cm³/mol. The molecule has 0 aliphatic heterocycles. The Hall–Kier alpha value is -0.340. The Morgan fingerprint density at radius 2 is 1.94 bits per heavy atom. The molecule has 1 atom stereocenters. The van der Waals surface area contributed by atoms with Crippen LogP contribution in [-0.4, -0.2) is 0 Å². The highest BCUT2D eigenvalue weighted by Gasteiger charge is 2.23. The first-order valence-corrected chi connectivity index (χ1v) is 6.99. The molecule has 0 saturated heterocycles. The number of nitrogens with two attached hydrogens (primary N) is 1. The summed E-state index contributed by atoms with van der Waals surface area (Å²) in [5.74, 6) is 0.673. The van der Waals surface area contributed by atoms with Gasteiger partial charge in [0.15, 0.2) is 0 Å². The van der Waals surface area contributed by atoms with Crippen LogP contribution in [0, 0.1) is 12.8 Å². The number of benzene rings is 1. The van der Waals surface area contributed by atoms with Crippen LogP contribution in [0.3, 0.4) is 0 Å². The number of hydrogen-bond acceptors (Lipinski definition) is 1. The second-order valence-corrected chi connectivity index (χ2v) is 5.80. The fourth-order valence-electron chi connectivity index (χ4n) is 2.67. The van der Waals surface area contributed by atoms with Crippen molar-refractivity contribution in [1.29, 1.82) is 0 Å². The van der Waals surface area contributed by atoms with Crippen molar-refractivity contribution in [2.75, 3.05) is 0 Å². The maximum atomic E-state index is 6.41. The zero-order valence-electron chi connectivity index (χ0n) is 9.88. The molecule has 1 saturated carbocycles. The van der Waals surface area contributed by atoms with E-state index in [2.05, 4.69) is 41.1 Å². The molecule has 2 heteroatoms. The van der Waals surface area contributed by atoms with E-state index < -0.39 is 0 Å².